The Bertz CT molecular complexity index is 1920. The van der Waals surface area contributed by atoms with Gasteiger partial charge in [0.05, 0.1) is 6.20 Å². The highest BCUT2D eigenvalue weighted by molar-refractivity contribution is 8.00. The normalized spacial score (nSPS) is 20.3. The van der Waals surface area contributed by atoms with Gasteiger partial charge >= 0.3 is 5.97 Å². The van der Waals surface area contributed by atoms with Crippen LogP contribution in [-0.4, -0.2) is 61.3 Å². The summed E-state index contributed by atoms with van der Waals surface area (Å²) in [4.78, 5) is 53.2. The summed E-state index contributed by atoms with van der Waals surface area (Å²) in [6, 6.07) is 20.0. The highest BCUT2D eigenvalue weighted by atomic mass is 32.2. The van der Waals surface area contributed by atoms with Crippen molar-refractivity contribution in [1.82, 2.24) is 19.9 Å². The van der Waals surface area contributed by atoms with E-state index in [0.717, 1.165) is 29.5 Å². The van der Waals surface area contributed by atoms with Crippen LogP contribution in [0.15, 0.2) is 113 Å². The number of nitrogens with one attached hydrogen (secondary N) is 1. The number of carbonyl (C=O) groups excluding carboxylic acids is 3. The van der Waals surface area contributed by atoms with E-state index in [-0.39, 0.29) is 28.3 Å². The Morgan fingerprint density at radius 2 is 1.86 bits per heavy atom. The number of nitrogen functional groups attached to an aromatic ring is 1. The Balaban J connectivity index is 1.17. The Labute approximate surface area is 290 Å². The summed E-state index contributed by atoms with van der Waals surface area (Å²) in [5, 5.41) is 8.32. The monoisotopic (exact) mass is 696 g/mol. The van der Waals surface area contributed by atoms with Gasteiger partial charge in [0.15, 0.2) is 30.2 Å². The van der Waals surface area contributed by atoms with Gasteiger partial charge in [0.2, 0.25) is 0 Å². The van der Waals surface area contributed by atoms with Gasteiger partial charge in [-0.25, -0.2) is 9.78 Å². The zero-order chi connectivity index (χ0) is 33.9. The number of benzene rings is 2. The van der Waals surface area contributed by atoms with E-state index in [1.807, 2.05) is 108 Å². The molecule has 0 radical (unpaired) electrons. The number of amides is 2. The molecule has 4 heterocycles. The van der Waals surface area contributed by atoms with Crippen molar-refractivity contribution in [2.75, 3.05) is 11.5 Å². The molecule has 7 rings (SSSR count). The minimum atomic E-state index is -0.920. The van der Waals surface area contributed by atoms with E-state index in [4.69, 9.17) is 15.3 Å². The van der Waals surface area contributed by atoms with Crippen molar-refractivity contribution in [2.45, 2.75) is 43.0 Å². The van der Waals surface area contributed by atoms with Gasteiger partial charge in [-0.3, -0.25) is 14.5 Å². The van der Waals surface area contributed by atoms with E-state index in [2.05, 4.69) is 15.5 Å². The van der Waals surface area contributed by atoms with Crippen molar-refractivity contribution in [3.05, 3.63) is 125 Å². The molecular formula is C35H34N7O5S2+. The molecule has 1 aliphatic carbocycles. The van der Waals surface area contributed by atoms with E-state index in [9.17, 15) is 14.4 Å². The summed E-state index contributed by atoms with van der Waals surface area (Å²) in [6.07, 6.45) is 8.33. The molecule has 3 atom stereocenters. The Hall–Kier alpha value is -5.21. The van der Waals surface area contributed by atoms with Gasteiger partial charge < -0.3 is 20.6 Å². The quantitative estimate of drug-likeness (QED) is 0.0606. The first-order valence-electron chi connectivity index (χ1n) is 15.8. The molecule has 14 heteroatoms. The molecule has 1 fully saturated rings. The van der Waals surface area contributed by atoms with Crippen molar-refractivity contribution in [3.63, 3.8) is 0 Å². The van der Waals surface area contributed by atoms with E-state index < -0.39 is 35.3 Å². The molecule has 250 valence electrons. The summed E-state index contributed by atoms with van der Waals surface area (Å²) in [7, 11) is 1.90. The lowest BCUT2D eigenvalue weighted by molar-refractivity contribution is -0.752. The summed E-state index contributed by atoms with van der Waals surface area (Å²) in [5.41, 5.74) is 8.54. The predicted octanol–water partition coefficient (Wildman–Crippen LogP) is 3.48. The first-order chi connectivity index (χ1) is 23.9. The average molecular weight is 697 g/mol. The molecule has 49 heavy (non-hydrogen) atoms. The maximum Gasteiger partial charge on any atom is 0.356 e. The van der Waals surface area contributed by atoms with Gasteiger partial charge in [0.25, 0.3) is 11.8 Å². The fourth-order valence-corrected chi connectivity index (χ4v) is 7.86. The number of thiazole rings is 1. The Morgan fingerprint density at radius 1 is 1.12 bits per heavy atom. The Morgan fingerprint density at radius 3 is 2.47 bits per heavy atom. The summed E-state index contributed by atoms with van der Waals surface area (Å²) >= 11 is 2.64. The highest BCUT2D eigenvalue weighted by Crippen LogP contribution is 2.42. The molecular weight excluding hydrogens is 663 g/mol. The number of nitrogens with two attached hydrogens (primary N) is 1. The number of fused-ring (bicyclic) bond motifs is 1. The standard InChI is InChI=1S/C35H33N7O5S2/c1-40-17-10-18-41(40)19-24-20-48-33-28(38-31(43)27(26-21-49-35(36)37-26)39-47-25-15-8-9-16-25)32(44)42(33)29(24)34(45)46-30(22-11-4-2-5-12-22)23-13-6-3-7-14-23/h2-8,10-15,17-18,21,25,28,30,33H,9,16,19-20H2,1H3,(H2-,36,37,38,43)/p+1/t25?,28-,33-/m1/s1. The molecule has 0 spiro atoms. The number of hydrogen-bond donors (Lipinski definition) is 2. The number of anilines is 1. The molecule has 4 aromatic rings. The van der Waals surface area contributed by atoms with Gasteiger partial charge in [-0.05, 0) is 35.6 Å². The number of nitrogens with zero attached hydrogens (tertiary/aromatic N) is 5. The van der Waals surface area contributed by atoms with Crippen LogP contribution in [0.2, 0.25) is 0 Å². The third-order valence-corrected chi connectivity index (χ3v) is 10.5. The first-order valence-corrected chi connectivity index (χ1v) is 17.7. The third-order valence-electron chi connectivity index (χ3n) is 8.50. The van der Waals surface area contributed by atoms with Crippen molar-refractivity contribution in [2.24, 2.45) is 12.2 Å². The molecule has 2 aromatic carbocycles. The maximum atomic E-state index is 14.3. The number of allylic oxidation sites excluding steroid dienone is 1. The van der Waals surface area contributed by atoms with E-state index >= 15 is 0 Å². The van der Waals surface area contributed by atoms with E-state index in [1.54, 1.807) is 5.38 Å². The lowest BCUT2D eigenvalue weighted by Crippen LogP contribution is -2.71. The third kappa shape index (κ3) is 6.74. The Kier molecular flexibility index (Phi) is 9.31. The summed E-state index contributed by atoms with van der Waals surface area (Å²) < 4.78 is 10.1. The molecule has 12 nitrogen and oxygen atoms in total. The molecule has 1 saturated heterocycles. The predicted molar refractivity (Wildman–Crippen MR) is 185 cm³/mol. The molecule has 2 aliphatic heterocycles. The van der Waals surface area contributed by atoms with Crippen LogP contribution in [0.1, 0.15) is 35.8 Å². The number of aromatic nitrogens is 3. The van der Waals surface area contributed by atoms with E-state index in [1.165, 1.54) is 28.0 Å². The number of oxime groups is 1. The van der Waals surface area contributed by atoms with Crippen LogP contribution in [0.5, 0.6) is 0 Å². The highest BCUT2D eigenvalue weighted by Gasteiger charge is 2.55. The van der Waals surface area contributed by atoms with Crippen molar-refractivity contribution in [3.8, 4) is 0 Å². The van der Waals surface area contributed by atoms with Crippen LogP contribution in [0, 0.1) is 0 Å². The van der Waals surface area contributed by atoms with Gasteiger partial charge in [-0.2, -0.15) is 4.68 Å². The SMILES string of the molecule is C[n+]1cccn1CC1=C(C(=O)OC(c2ccccc2)c2ccccc2)N2C(=O)[C@@H](NC(=O)C(=NOC3C=CCC3)c3csc(N)n3)[C@H]2SC1. The largest absolute Gasteiger partial charge is 0.448 e. The number of aryl methyl sites for hydroxylation is 1. The van der Waals surface area contributed by atoms with Crippen molar-refractivity contribution in [1.29, 1.82) is 0 Å². The second-order valence-electron chi connectivity index (χ2n) is 11.7. The zero-order valence-corrected chi connectivity index (χ0v) is 28.2. The minimum absolute atomic E-state index is 0.0788. The fourth-order valence-electron chi connectivity index (χ4n) is 5.98. The van der Waals surface area contributed by atoms with E-state index in [0.29, 0.717) is 12.3 Å². The smallest absolute Gasteiger partial charge is 0.356 e. The molecule has 2 aromatic heterocycles. The topological polar surface area (TPSA) is 145 Å². The van der Waals surface area contributed by atoms with Gasteiger partial charge in [-0.1, -0.05) is 71.9 Å². The van der Waals surface area contributed by atoms with Crippen LogP contribution in [0.3, 0.4) is 0 Å². The van der Waals surface area contributed by atoms with Crippen LogP contribution in [0.4, 0.5) is 5.13 Å². The number of rotatable bonds is 11. The zero-order valence-electron chi connectivity index (χ0n) is 26.5. The van der Waals surface area contributed by atoms with Gasteiger partial charge in [-0.15, -0.1) is 27.8 Å². The number of hydrogen-bond acceptors (Lipinski definition) is 10. The number of ether oxygens (including phenoxy) is 1. The van der Waals surface area contributed by atoms with Crippen LogP contribution in [-0.2, 0) is 37.6 Å². The molecule has 0 saturated carbocycles. The lowest BCUT2D eigenvalue weighted by Gasteiger charge is -2.49. The van der Waals surface area contributed by atoms with Crippen molar-refractivity contribution < 1.29 is 28.6 Å². The van der Waals surface area contributed by atoms with Crippen LogP contribution >= 0.6 is 23.1 Å². The summed E-state index contributed by atoms with van der Waals surface area (Å²) in [5.74, 6) is -1.24. The lowest BCUT2D eigenvalue weighted by atomic mass is 10.0. The minimum Gasteiger partial charge on any atom is -0.448 e. The molecule has 0 bridgehead atoms. The first kappa shape index (κ1) is 32.3. The van der Waals surface area contributed by atoms with Gasteiger partial charge in [0, 0.05) is 17.2 Å². The van der Waals surface area contributed by atoms with Crippen LogP contribution < -0.4 is 15.7 Å². The average Bonchev–Trinajstić information content (AvgIpc) is 3.90. The number of thioether (sulfide) groups is 1. The molecule has 1 unspecified atom stereocenters. The number of β-lactam (4-membered cyclic amide) rings is 1. The molecule has 2 amide bonds. The maximum absolute atomic E-state index is 14.3. The van der Waals surface area contributed by atoms with Gasteiger partial charge in [0.1, 0.15) is 35.5 Å². The fraction of sp³-hybridized carbons (Fsp3) is 0.257. The molecule has 3 N–H and O–H groups in total. The second kappa shape index (κ2) is 14.1. The number of esters is 1. The molecule has 3 aliphatic rings. The second-order valence-corrected chi connectivity index (χ2v) is 13.7. The number of carbonyl (C=O) groups is 3. The van der Waals surface area contributed by atoms with Crippen molar-refractivity contribution >= 4 is 51.7 Å². The summed E-state index contributed by atoms with van der Waals surface area (Å²) in [6.45, 7) is 0.366. The van der Waals surface area contributed by atoms with Crippen LogP contribution in [0.25, 0.3) is 0 Å².